The van der Waals surface area contributed by atoms with E-state index in [-0.39, 0.29) is 11.8 Å². The maximum atomic E-state index is 12.9. The highest BCUT2D eigenvalue weighted by atomic mass is 35.5. The van der Waals surface area contributed by atoms with Crippen molar-refractivity contribution in [2.45, 2.75) is 39.2 Å². The van der Waals surface area contributed by atoms with Crippen LogP contribution in [0.2, 0.25) is 10.0 Å². The molecule has 1 aliphatic rings. The minimum atomic E-state index is 0.174. The van der Waals surface area contributed by atoms with Crippen LogP contribution in [0.3, 0.4) is 0 Å². The Morgan fingerprint density at radius 2 is 1.89 bits per heavy atom. The predicted octanol–water partition coefficient (Wildman–Crippen LogP) is 5.76. The van der Waals surface area contributed by atoms with Gasteiger partial charge >= 0.3 is 0 Å². The topological polar surface area (TPSA) is 29.5 Å². The first-order chi connectivity index (χ1) is 13.1. The zero-order valence-electron chi connectivity index (χ0n) is 15.6. The Balaban J connectivity index is 1.69. The van der Waals surface area contributed by atoms with E-state index in [1.54, 1.807) is 6.07 Å². The van der Waals surface area contributed by atoms with Gasteiger partial charge in [-0.3, -0.25) is 4.79 Å². The van der Waals surface area contributed by atoms with Crippen LogP contribution in [-0.2, 0) is 17.8 Å². The number of benzene rings is 2. The van der Waals surface area contributed by atoms with Gasteiger partial charge in [0.05, 0.1) is 6.61 Å². The predicted molar refractivity (Wildman–Crippen MR) is 111 cm³/mol. The summed E-state index contributed by atoms with van der Waals surface area (Å²) in [6.45, 7) is 3.86. The van der Waals surface area contributed by atoms with Crippen molar-refractivity contribution in [1.29, 1.82) is 0 Å². The highest BCUT2D eigenvalue weighted by Crippen LogP contribution is 2.29. The van der Waals surface area contributed by atoms with E-state index < -0.39 is 0 Å². The zero-order valence-corrected chi connectivity index (χ0v) is 17.1. The van der Waals surface area contributed by atoms with Gasteiger partial charge in [-0.15, -0.1) is 0 Å². The first kappa shape index (κ1) is 20.0. The molecule has 2 aromatic carbocycles. The minimum absolute atomic E-state index is 0.174. The Hall–Kier alpha value is -1.71. The Kier molecular flexibility index (Phi) is 7.03. The van der Waals surface area contributed by atoms with Crippen LogP contribution in [0, 0.1) is 5.92 Å². The number of ether oxygens (including phenoxy) is 1. The molecule has 27 heavy (non-hydrogen) atoms. The van der Waals surface area contributed by atoms with Crippen LogP contribution in [0.5, 0.6) is 5.75 Å². The molecular weight excluding hydrogens is 381 g/mol. The fourth-order valence-electron chi connectivity index (χ4n) is 3.24. The van der Waals surface area contributed by atoms with Crippen molar-refractivity contribution < 1.29 is 9.53 Å². The summed E-state index contributed by atoms with van der Waals surface area (Å²) in [6.07, 6.45) is 3.86. The van der Waals surface area contributed by atoms with Crippen molar-refractivity contribution in [3.8, 4) is 5.75 Å². The molecule has 0 aliphatic heterocycles. The number of amides is 1. The third-order valence-corrected chi connectivity index (χ3v) is 5.63. The number of carbonyl (C=O) groups is 1. The molecular formula is C22H25Cl2NO2. The lowest BCUT2D eigenvalue weighted by Crippen LogP contribution is -2.39. The molecule has 144 valence electrons. The molecule has 0 atom stereocenters. The van der Waals surface area contributed by atoms with Crippen molar-refractivity contribution in [3.05, 3.63) is 63.6 Å². The second-order valence-electron chi connectivity index (χ2n) is 6.95. The molecule has 0 saturated heterocycles. The molecule has 0 aromatic heterocycles. The van der Waals surface area contributed by atoms with Gasteiger partial charge in [-0.2, -0.15) is 0 Å². The lowest BCUT2D eigenvalue weighted by atomic mass is 9.84. The van der Waals surface area contributed by atoms with Crippen LogP contribution in [0.15, 0.2) is 42.5 Å². The van der Waals surface area contributed by atoms with E-state index in [1.807, 2.05) is 48.2 Å². The van der Waals surface area contributed by atoms with Gasteiger partial charge in [0, 0.05) is 29.1 Å². The Bertz CT molecular complexity index is 772. The molecule has 1 amide bonds. The van der Waals surface area contributed by atoms with Crippen molar-refractivity contribution in [2.75, 3.05) is 13.2 Å². The van der Waals surface area contributed by atoms with E-state index in [2.05, 4.69) is 0 Å². The monoisotopic (exact) mass is 405 g/mol. The molecule has 0 unspecified atom stereocenters. The lowest BCUT2D eigenvalue weighted by molar-refractivity contribution is -0.138. The quantitative estimate of drug-likeness (QED) is 0.558. The molecule has 5 heteroatoms. The highest BCUT2D eigenvalue weighted by Gasteiger charge is 2.29. The maximum Gasteiger partial charge on any atom is 0.225 e. The molecule has 3 rings (SSSR count). The average Bonchev–Trinajstić information content (AvgIpc) is 2.60. The summed E-state index contributed by atoms with van der Waals surface area (Å²) in [5.41, 5.74) is 2.12. The summed E-state index contributed by atoms with van der Waals surface area (Å²) in [4.78, 5) is 14.9. The van der Waals surface area contributed by atoms with Crippen LogP contribution in [-0.4, -0.2) is 24.0 Å². The molecule has 0 radical (unpaired) electrons. The van der Waals surface area contributed by atoms with Gasteiger partial charge < -0.3 is 9.64 Å². The average molecular weight is 406 g/mol. The molecule has 1 aliphatic carbocycles. The van der Waals surface area contributed by atoms with Gasteiger partial charge in [-0.25, -0.2) is 0 Å². The van der Waals surface area contributed by atoms with Gasteiger partial charge in [-0.05, 0) is 61.6 Å². The number of halogens is 2. The van der Waals surface area contributed by atoms with E-state index in [0.717, 1.165) is 36.1 Å². The normalized spacial score (nSPS) is 13.9. The van der Waals surface area contributed by atoms with Gasteiger partial charge in [0.2, 0.25) is 5.91 Å². The molecule has 0 bridgehead atoms. The van der Waals surface area contributed by atoms with Crippen LogP contribution < -0.4 is 4.74 Å². The van der Waals surface area contributed by atoms with E-state index in [0.29, 0.717) is 36.2 Å². The fourth-order valence-corrected chi connectivity index (χ4v) is 3.74. The number of carbonyl (C=O) groups excluding carboxylic acids is 1. The number of hydrogen-bond acceptors (Lipinski definition) is 2. The minimum Gasteiger partial charge on any atom is -0.494 e. The third kappa shape index (κ3) is 5.40. The third-order valence-electron chi connectivity index (χ3n) is 5.04. The Labute approximate surface area is 171 Å². The summed E-state index contributed by atoms with van der Waals surface area (Å²) in [5, 5.41) is 1.28. The number of hydrogen-bond donors (Lipinski definition) is 0. The second kappa shape index (κ2) is 9.48. The number of rotatable bonds is 8. The van der Waals surface area contributed by atoms with Crippen molar-refractivity contribution in [2.24, 2.45) is 5.92 Å². The van der Waals surface area contributed by atoms with Gasteiger partial charge in [0.25, 0.3) is 0 Å². The molecule has 1 fully saturated rings. The molecule has 1 saturated carbocycles. The van der Waals surface area contributed by atoms with E-state index in [9.17, 15) is 4.79 Å². The summed E-state index contributed by atoms with van der Waals surface area (Å²) >= 11 is 12.3. The second-order valence-corrected chi connectivity index (χ2v) is 7.79. The zero-order chi connectivity index (χ0) is 19.2. The summed E-state index contributed by atoms with van der Waals surface area (Å²) < 4.78 is 5.50. The van der Waals surface area contributed by atoms with Crippen LogP contribution in [0.25, 0.3) is 0 Å². The SMILES string of the molecule is CCOc1ccc(CN(CCc2ccc(Cl)cc2Cl)C(=O)C2CCC2)cc1. The molecule has 2 aromatic rings. The maximum absolute atomic E-state index is 12.9. The molecule has 0 heterocycles. The van der Waals surface area contributed by atoms with Crippen LogP contribution in [0.4, 0.5) is 0 Å². The molecule has 3 nitrogen and oxygen atoms in total. The van der Waals surface area contributed by atoms with E-state index >= 15 is 0 Å². The van der Waals surface area contributed by atoms with Gasteiger partial charge in [0.15, 0.2) is 0 Å². The van der Waals surface area contributed by atoms with Crippen LogP contribution >= 0.6 is 23.2 Å². The number of nitrogens with zero attached hydrogens (tertiary/aromatic N) is 1. The van der Waals surface area contributed by atoms with Gasteiger partial charge in [-0.1, -0.05) is 47.8 Å². The summed E-state index contributed by atoms with van der Waals surface area (Å²) in [7, 11) is 0. The standard InChI is InChI=1S/C22H25Cl2NO2/c1-2-27-20-10-6-16(7-11-20)15-25(22(26)18-4-3-5-18)13-12-17-8-9-19(23)14-21(17)24/h6-11,14,18H,2-5,12-13,15H2,1H3. The Morgan fingerprint density at radius 3 is 2.48 bits per heavy atom. The first-order valence-electron chi connectivity index (χ1n) is 9.51. The van der Waals surface area contributed by atoms with Crippen molar-refractivity contribution >= 4 is 29.1 Å². The smallest absolute Gasteiger partial charge is 0.225 e. The highest BCUT2D eigenvalue weighted by molar-refractivity contribution is 6.35. The lowest BCUT2D eigenvalue weighted by Gasteiger charge is -2.32. The van der Waals surface area contributed by atoms with Crippen molar-refractivity contribution in [3.63, 3.8) is 0 Å². The molecule has 0 N–H and O–H groups in total. The largest absolute Gasteiger partial charge is 0.494 e. The Morgan fingerprint density at radius 1 is 1.15 bits per heavy atom. The van der Waals surface area contributed by atoms with Gasteiger partial charge in [0.1, 0.15) is 5.75 Å². The van der Waals surface area contributed by atoms with E-state index in [4.69, 9.17) is 27.9 Å². The van der Waals surface area contributed by atoms with Crippen LogP contribution in [0.1, 0.15) is 37.3 Å². The fraction of sp³-hybridized carbons (Fsp3) is 0.409. The van der Waals surface area contributed by atoms with E-state index in [1.165, 1.54) is 0 Å². The van der Waals surface area contributed by atoms with Crippen molar-refractivity contribution in [1.82, 2.24) is 4.90 Å². The first-order valence-corrected chi connectivity index (χ1v) is 10.3. The summed E-state index contributed by atoms with van der Waals surface area (Å²) in [6, 6.07) is 13.5. The molecule has 0 spiro atoms. The summed E-state index contributed by atoms with van der Waals surface area (Å²) in [5.74, 6) is 1.28.